The molecular formula is C70H82BN3. The van der Waals surface area contributed by atoms with E-state index in [1.54, 1.807) is 0 Å². The maximum Gasteiger partial charge on any atom is 0.249 e. The van der Waals surface area contributed by atoms with Crippen molar-refractivity contribution < 1.29 is 0 Å². The number of rotatable bonds is 3. The first-order valence-corrected chi connectivity index (χ1v) is 28.2. The van der Waals surface area contributed by atoms with E-state index in [1.165, 1.54) is 131 Å². The minimum atomic E-state index is -0.327. The topological polar surface area (TPSA) is 9.72 Å². The van der Waals surface area contributed by atoms with Gasteiger partial charge in [0.2, 0.25) is 6.71 Å². The molecule has 1 saturated carbocycles. The van der Waals surface area contributed by atoms with Crippen molar-refractivity contribution in [2.75, 3.05) is 14.7 Å². The Morgan fingerprint density at radius 1 is 0.432 bits per heavy atom. The molecule has 380 valence electrons. The molecule has 3 aliphatic heterocycles. The van der Waals surface area contributed by atoms with Gasteiger partial charge >= 0.3 is 0 Å². The highest BCUT2D eigenvalue weighted by Gasteiger charge is 2.60. The summed E-state index contributed by atoms with van der Waals surface area (Å²) in [5, 5.41) is 0. The van der Waals surface area contributed by atoms with Crippen molar-refractivity contribution in [1.29, 1.82) is 0 Å². The third kappa shape index (κ3) is 6.70. The van der Waals surface area contributed by atoms with E-state index < -0.39 is 0 Å². The Hall–Kier alpha value is -5.74. The quantitative estimate of drug-likeness (QED) is 0.164. The maximum absolute atomic E-state index is 2.83. The smallest absolute Gasteiger partial charge is 0.249 e. The number of hydrogen-bond acceptors (Lipinski definition) is 3. The summed E-state index contributed by atoms with van der Waals surface area (Å²) in [4.78, 5) is 8.33. The van der Waals surface area contributed by atoms with Crippen LogP contribution in [0.3, 0.4) is 0 Å². The van der Waals surface area contributed by atoms with Gasteiger partial charge in [-0.05, 0) is 139 Å². The lowest BCUT2D eigenvalue weighted by molar-refractivity contribution is 0.195. The molecule has 0 amide bonds. The van der Waals surface area contributed by atoms with Crippen LogP contribution in [0.5, 0.6) is 0 Å². The van der Waals surface area contributed by atoms with E-state index in [-0.39, 0.29) is 50.2 Å². The van der Waals surface area contributed by atoms with Crippen LogP contribution in [0.4, 0.5) is 34.1 Å². The number of allylic oxidation sites excluding steroid dienone is 2. The molecule has 0 bridgehead atoms. The van der Waals surface area contributed by atoms with Crippen LogP contribution in [0.1, 0.15) is 200 Å². The summed E-state index contributed by atoms with van der Waals surface area (Å²) in [5.74, 6) is 0. The molecule has 3 nitrogen and oxygen atoms in total. The maximum atomic E-state index is 2.83. The van der Waals surface area contributed by atoms with Gasteiger partial charge in [-0.15, -0.1) is 0 Å². The van der Waals surface area contributed by atoms with E-state index in [0.717, 1.165) is 6.42 Å². The van der Waals surface area contributed by atoms with Crippen LogP contribution < -0.4 is 20.2 Å². The Labute approximate surface area is 446 Å². The van der Waals surface area contributed by atoms with Gasteiger partial charge in [-0.25, -0.2) is 0 Å². The highest BCUT2D eigenvalue weighted by molar-refractivity contribution is 6.99. The van der Waals surface area contributed by atoms with Crippen molar-refractivity contribution in [2.24, 2.45) is 0 Å². The highest BCUT2D eigenvalue weighted by atomic mass is 15.3. The Bertz CT molecular complexity index is 3410. The molecule has 6 aromatic carbocycles. The van der Waals surface area contributed by atoms with Crippen molar-refractivity contribution in [3.05, 3.63) is 183 Å². The van der Waals surface area contributed by atoms with E-state index in [1.807, 2.05) is 0 Å². The van der Waals surface area contributed by atoms with Gasteiger partial charge in [-0.2, -0.15) is 0 Å². The van der Waals surface area contributed by atoms with Gasteiger partial charge in [-0.3, -0.25) is 0 Å². The lowest BCUT2D eigenvalue weighted by atomic mass is 9.29. The summed E-state index contributed by atoms with van der Waals surface area (Å²) in [6, 6.07) is 49.2. The molecule has 6 aromatic rings. The Morgan fingerprint density at radius 2 is 0.905 bits per heavy atom. The summed E-state index contributed by atoms with van der Waals surface area (Å²) >= 11 is 0. The summed E-state index contributed by atoms with van der Waals surface area (Å²) in [6.45, 7) is 43.6. The SMILES string of the molecule is CC(C)(C)c1ccc(N2C3=C(B4C5=C(N(c6ccc(C(C)(C)C)cc6)c6cc(N7c8ccccc8C8(C)CCCCC78C)cc2c64)C(C)(C)c2cc(C(C)(C)C)ccc25)C(C)(C)c2cc(C(C)(C)C)ccc23)cc1. The van der Waals surface area contributed by atoms with Crippen LogP contribution in [0.25, 0.3) is 11.2 Å². The van der Waals surface area contributed by atoms with E-state index in [2.05, 4.69) is 261 Å². The first kappa shape index (κ1) is 49.2. The van der Waals surface area contributed by atoms with Gasteiger partial charge in [0.05, 0.1) is 5.54 Å². The number of nitrogens with zero attached hydrogens (tertiary/aromatic N) is 3. The van der Waals surface area contributed by atoms with E-state index in [4.69, 9.17) is 0 Å². The summed E-state index contributed by atoms with van der Waals surface area (Å²) in [5.41, 5.74) is 26.7. The molecule has 2 unspecified atom stereocenters. The lowest BCUT2D eigenvalue weighted by Crippen LogP contribution is -2.55. The second kappa shape index (κ2) is 15.5. The molecule has 3 aliphatic carbocycles. The third-order valence-electron chi connectivity index (χ3n) is 19.6. The first-order chi connectivity index (χ1) is 34.5. The van der Waals surface area contributed by atoms with Crippen LogP contribution in [-0.4, -0.2) is 12.3 Å². The summed E-state index contributed by atoms with van der Waals surface area (Å²) in [7, 11) is 0. The van der Waals surface area contributed by atoms with Crippen molar-refractivity contribution in [2.45, 2.75) is 194 Å². The average molecular weight is 976 g/mol. The fourth-order valence-corrected chi connectivity index (χ4v) is 15.0. The molecule has 12 rings (SSSR count). The number of benzene rings is 6. The summed E-state index contributed by atoms with van der Waals surface area (Å²) in [6.07, 6.45) is 4.82. The molecule has 3 heterocycles. The fraction of sp³-hybridized carbons (Fsp3) is 0.429. The van der Waals surface area contributed by atoms with Gasteiger partial charge in [0.15, 0.2) is 0 Å². The zero-order valence-corrected chi connectivity index (χ0v) is 48.3. The van der Waals surface area contributed by atoms with Crippen LogP contribution in [-0.2, 0) is 37.9 Å². The van der Waals surface area contributed by atoms with Crippen LogP contribution >= 0.6 is 0 Å². The molecule has 0 aromatic heterocycles. The largest absolute Gasteiger partial charge is 0.334 e. The van der Waals surface area contributed by atoms with E-state index in [9.17, 15) is 0 Å². The first-order valence-electron chi connectivity index (χ1n) is 28.2. The van der Waals surface area contributed by atoms with Crippen LogP contribution in [0.2, 0.25) is 0 Å². The molecule has 6 aliphatic rings. The zero-order valence-electron chi connectivity index (χ0n) is 48.3. The molecular weight excluding hydrogens is 894 g/mol. The van der Waals surface area contributed by atoms with Gasteiger partial charge in [0, 0.05) is 67.3 Å². The van der Waals surface area contributed by atoms with Gasteiger partial charge in [-0.1, -0.05) is 215 Å². The van der Waals surface area contributed by atoms with Crippen molar-refractivity contribution in [3.63, 3.8) is 0 Å². The molecule has 0 spiro atoms. The predicted molar refractivity (Wildman–Crippen MR) is 319 cm³/mol. The number of hydrogen-bond donors (Lipinski definition) is 0. The zero-order chi connectivity index (χ0) is 52.8. The number of fused-ring (bicyclic) bond motifs is 9. The van der Waals surface area contributed by atoms with Gasteiger partial charge in [0.25, 0.3) is 0 Å². The Balaban J connectivity index is 1.25. The molecule has 74 heavy (non-hydrogen) atoms. The van der Waals surface area contributed by atoms with Crippen LogP contribution in [0, 0.1) is 0 Å². The summed E-state index contributed by atoms with van der Waals surface area (Å²) < 4.78 is 0. The van der Waals surface area contributed by atoms with E-state index in [0.29, 0.717) is 0 Å². The molecule has 1 fully saturated rings. The molecule has 2 atom stereocenters. The minimum Gasteiger partial charge on any atom is -0.334 e. The normalized spacial score (nSPS) is 22.4. The van der Waals surface area contributed by atoms with Crippen molar-refractivity contribution >= 4 is 57.5 Å². The molecule has 0 N–H and O–H groups in total. The van der Waals surface area contributed by atoms with E-state index >= 15 is 0 Å². The fourth-order valence-electron chi connectivity index (χ4n) is 15.0. The predicted octanol–water partition coefficient (Wildman–Crippen LogP) is 18.1. The van der Waals surface area contributed by atoms with Gasteiger partial charge in [0.1, 0.15) is 0 Å². The van der Waals surface area contributed by atoms with Crippen LogP contribution in [0.15, 0.2) is 132 Å². The monoisotopic (exact) mass is 976 g/mol. The average Bonchev–Trinajstić information content (AvgIpc) is 3.80. The molecule has 0 saturated heterocycles. The number of anilines is 6. The van der Waals surface area contributed by atoms with Gasteiger partial charge < -0.3 is 14.7 Å². The lowest BCUT2D eigenvalue weighted by Gasteiger charge is -2.51. The molecule has 4 heteroatoms. The second-order valence-electron chi connectivity index (χ2n) is 29.1. The number of para-hydroxylation sites is 1. The Kier molecular flexibility index (Phi) is 10.3. The molecule has 0 radical (unpaired) electrons. The third-order valence-corrected chi connectivity index (χ3v) is 19.6. The van der Waals surface area contributed by atoms with Crippen molar-refractivity contribution in [1.82, 2.24) is 0 Å². The highest BCUT2D eigenvalue weighted by Crippen LogP contribution is 2.65. The minimum absolute atomic E-state index is 0.000215. The van der Waals surface area contributed by atoms with Crippen molar-refractivity contribution in [3.8, 4) is 0 Å². The standard InChI is InChI=1S/C70H82BN3/c1-63(2,3)43-25-31-47(32-26-43)72-56-41-49(74-55-24-20-19-23-52(55)69(17)37-21-22-38-70(69,74)18)42-57-59(56)71(61-60(72)51-36-30-46(66(10,11)12)40-54(51)67(61,13)14)58-50-35-29-45(65(7,8)9)39-53(50)68(15,16)62(58)73(57)48-33-27-44(28-34-48)64(4,5)6/h19-20,23-36,39-42H,21-22,37-38H2,1-18H3. The second-order valence-corrected chi connectivity index (χ2v) is 29.1. The Morgan fingerprint density at radius 3 is 1.46 bits per heavy atom.